The summed E-state index contributed by atoms with van der Waals surface area (Å²) in [4.78, 5) is 17.2. The SMILES string of the molecule is COc1ccccc1C1(C(=O)NCc2cncc(-c3cnn(C)c3)c2)CC1. The first-order valence-corrected chi connectivity index (χ1v) is 8.97. The van der Waals surface area contributed by atoms with Crippen LogP contribution >= 0.6 is 0 Å². The van der Waals surface area contributed by atoms with Crippen molar-refractivity contribution < 1.29 is 9.53 Å². The van der Waals surface area contributed by atoms with Crippen LogP contribution in [0.4, 0.5) is 0 Å². The Labute approximate surface area is 158 Å². The number of benzene rings is 1. The molecule has 0 radical (unpaired) electrons. The molecule has 1 N–H and O–H groups in total. The minimum absolute atomic E-state index is 0.0405. The van der Waals surface area contributed by atoms with E-state index >= 15 is 0 Å². The van der Waals surface area contributed by atoms with Crippen molar-refractivity contribution in [2.45, 2.75) is 24.8 Å². The zero-order chi connectivity index (χ0) is 18.9. The monoisotopic (exact) mass is 362 g/mol. The molecule has 3 aromatic rings. The summed E-state index contributed by atoms with van der Waals surface area (Å²) in [6.07, 6.45) is 9.02. The summed E-state index contributed by atoms with van der Waals surface area (Å²) in [5.41, 5.74) is 3.44. The van der Waals surface area contributed by atoms with Gasteiger partial charge in [-0.2, -0.15) is 5.10 Å². The van der Waals surface area contributed by atoms with Gasteiger partial charge in [-0.15, -0.1) is 0 Å². The third kappa shape index (κ3) is 3.30. The number of aromatic nitrogens is 3. The number of methoxy groups -OCH3 is 1. The van der Waals surface area contributed by atoms with Crippen molar-refractivity contribution in [2.24, 2.45) is 7.05 Å². The molecule has 1 saturated carbocycles. The van der Waals surface area contributed by atoms with Crippen LogP contribution in [0.5, 0.6) is 5.75 Å². The van der Waals surface area contributed by atoms with Gasteiger partial charge in [0.25, 0.3) is 0 Å². The second-order valence-electron chi connectivity index (χ2n) is 6.95. The van der Waals surface area contributed by atoms with E-state index in [1.54, 1.807) is 30.4 Å². The summed E-state index contributed by atoms with van der Waals surface area (Å²) in [6, 6.07) is 9.80. The third-order valence-corrected chi connectivity index (χ3v) is 5.09. The zero-order valence-electron chi connectivity index (χ0n) is 15.5. The number of pyridine rings is 1. The lowest BCUT2D eigenvalue weighted by Crippen LogP contribution is -2.34. The Balaban J connectivity index is 1.48. The first-order valence-electron chi connectivity index (χ1n) is 8.97. The summed E-state index contributed by atoms with van der Waals surface area (Å²) >= 11 is 0. The summed E-state index contributed by atoms with van der Waals surface area (Å²) in [7, 11) is 3.52. The lowest BCUT2D eigenvalue weighted by Gasteiger charge is -2.18. The fourth-order valence-corrected chi connectivity index (χ4v) is 3.45. The molecule has 4 rings (SSSR count). The zero-order valence-corrected chi connectivity index (χ0v) is 15.5. The number of aryl methyl sites for hydroxylation is 1. The number of rotatable bonds is 6. The maximum Gasteiger partial charge on any atom is 0.231 e. The van der Waals surface area contributed by atoms with Crippen LogP contribution in [-0.4, -0.2) is 27.8 Å². The molecule has 2 aromatic heterocycles. The molecule has 1 aliphatic rings. The van der Waals surface area contributed by atoms with Crippen molar-refractivity contribution in [3.63, 3.8) is 0 Å². The van der Waals surface area contributed by atoms with E-state index in [4.69, 9.17) is 4.74 Å². The molecule has 1 aliphatic carbocycles. The molecule has 1 amide bonds. The Kier molecular flexibility index (Phi) is 4.39. The summed E-state index contributed by atoms with van der Waals surface area (Å²) in [5, 5.41) is 7.27. The lowest BCUT2D eigenvalue weighted by molar-refractivity contribution is -0.123. The van der Waals surface area contributed by atoms with E-state index in [-0.39, 0.29) is 5.91 Å². The van der Waals surface area contributed by atoms with Gasteiger partial charge in [-0.1, -0.05) is 18.2 Å². The molecule has 0 saturated heterocycles. The highest BCUT2D eigenvalue weighted by Crippen LogP contribution is 2.51. The number of carbonyl (C=O) groups excluding carboxylic acids is 1. The van der Waals surface area contributed by atoms with Crippen LogP contribution in [0.15, 0.2) is 55.1 Å². The summed E-state index contributed by atoms with van der Waals surface area (Å²) in [6.45, 7) is 0.441. The number of nitrogens with zero attached hydrogens (tertiary/aromatic N) is 3. The number of carbonyl (C=O) groups is 1. The lowest BCUT2D eigenvalue weighted by atomic mass is 9.94. The van der Waals surface area contributed by atoms with E-state index in [9.17, 15) is 4.79 Å². The summed E-state index contributed by atoms with van der Waals surface area (Å²) < 4.78 is 7.21. The molecule has 6 heteroatoms. The number of ether oxygens (including phenoxy) is 1. The molecule has 6 nitrogen and oxygen atoms in total. The smallest absolute Gasteiger partial charge is 0.231 e. The minimum Gasteiger partial charge on any atom is -0.496 e. The van der Waals surface area contributed by atoms with Crippen LogP contribution in [0.3, 0.4) is 0 Å². The van der Waals surface area contributed by atoms with Crippen LogP contribution in [0.2, 0.25) is 0 Å². The molecular formula is C21H22N4O2. The van der Waals surface area contributed by atoms with E-state index < -0.39 is 5.41 Å². The second kappa shape index (κ2) is 6.87. The highest BCUT2D eigenvalue weighted by molar-refractivity contribution is 5.92. The van der Waals surface area contributed by atoms with Crippen LogP contribution in [0, 0.1) is 0 Å². The van der Waals surface area contributed by atoms with E-state index in [0.717, 1.165) is 40.8 Å². The third-order valence-electron chi connectivity index (χ3n) is 5.09. The van der Waals surface area contributed by atoms with E-state index in [1.165, 1.54) is 0 Å². The Morgan fingerprint density at radius 3 is 2.74 bits per heavy atom. The Morgan fingerprint density at radius 2 is 2.04 bits per heavy atom. The first-order chi connectivity index (χ1) is 13.1. The predicted octanol–water partition coefficient (Wildman–Crippen LogP) is 2.84. The summed E-state index contributed by atoms with van der Waals surface area (Å²) in [5.74, 6) is 0.809. The first kappa shape index (κ1) is 17.3. The van der Waals surface area contributed by atoms with Gasteiger partial charge in [0.15, 0.2) is 0 Å². The minimum atomic E-state index is -0.471. The molecule has 0 unspecified atom stereocenters. The molecule has 0 aliphatic heterocycles. The number of nitrogens with one attached hydrogen (secondary N) is 1. The van der Waals surface area contributed by atoms with Gasteiger partial charge in [0, 0.05) is 48.9 Å². The standard InChI is InChI=1S/C21H22N4O2/c1-25-14-17(13-24-25)16-9-15(10-22-12-16)11-23-20(26)21(7-8-21)18-5-3-4-6-19(18)27-2/h3-6,9-10,12-14H,7-8,11H2,1-2H3,(H,23,26). The van der Waals surface area contributed by atoms with E-state index in [1.807, 2.05) is 43.6 Å². The molecule has 0 bridgehead atoms. The topological polar surface area (TPSA) is 69.0 Å². The normalized spacial score (nSPS) is 14.6. The Bertz CT molecular complexity index is 976. The van der Waals surface area contributed by atoms with Gasteiger partial charge in [-0.3, -0.25) is 14.5 Å². The largest absolute Gasteiger partial charge is 0.496 e. The fraction of sp³-hybridized carbons (Fsp3) is 0.286. The molecule has 2 heterocycles. The van der Waals surface area contributed by atoms with Crippen molar-refractivity contribution in [3.8, 4) is 16.9 Å². The Hall–Kier alpha value is -3.15. The highest BCUT2D eigenvalue weighted by Gasteiger charge is 2.52. The van der Waals surface area contributed by atoms with E-state index in [2.05, 4.69) is 15.4 Å². The number of para-hydroxylation sites is 1. The van der Waals surface area contributed by atoms with Gasteiger partial charge < -0.3 is 10.1 Å². The van der Waals surface area contributed by atoms with Crippen LogP contribution in [-0.2, 0) is 23.8 Å². The fourth-order valence-electron chi connectivity index (χ4n) is 3.45. The van der Waals surface area contributed by atoms with Crippen LogP contribution < -0.4 is 10.1 Å². The van der Waals surface area contributed by atoms with Crippen LogP contribution in [0.25, 0.3) is 11.1 Å². The van der Waals surface area contributed by atoms with Crippen molar-refractivity contribution in [1.82, 2.24) is 20.1 Å². The molecule has 27 heavy (non-hydrogen) atoms. The van der Waals surface area contributed by atoms with Gasteiger partial charge in [-0.05, 0) is 30.5 Å². The van der Waals surface area contributed by atoms with Gasteiger partial charge in [0.2, 0.25) is 5.91 Å². The quantitative estimate of drug-likeness (QED) is 0.732. The predicted molar refractivity (Wildman–Crippen MR) is 102 cm³/mol. The molecule has 0 atom stereocenters. The van der Waals surface area contributed by atoms with Gasteiger partial charge in [0.1, 0.15) is 5.75 Å². The van der Waals surface area contributed by atoms with Crippen molar-refractivity contribution >= 4 is 5.91 Å². The number of amides is 1. The number of hydrogen-bond acceptors (Lipinski definition) is 4. The molecular weight excluding hydrogens is 340 g/mol. The van der Waals surface area contributed by atoms with Gasteiger partial charge in [0.05, 0.1) is 18.7 Å². The number of hydrogen-bond donors (Lipinski definition) is 1. The molecule has 1 fully saturated rings. The van der Waals surface area contributed by atoms with Crippen molar-refractivity contribution in [3.05, 3.63) is 66.2 Å². The maximum absolute atomic E-state index is 12.9. The Morgan fingerprint density at radius 1 is 1.22 bits per heavy atom. The van der Waals surface area contributed by atoms with Crippen molar-refractivity contribution in [1.29, 1.82) is 0 Å². The highest BCUT2D eigenvalue weighted by atomic mass is 16.5. The molecule has 0 spiro atoms. The van der Waals surface area contributed by atoms with Crippen LogP contribution in [0.1, 0.15) is 24.0 Å². The second-order valence-corrected chi connectivity index (χ2v) is 6.95. The van der Waals surface area contributed by atoms with Crippen molar-refractivity contribution in [2.75, 3.05) is 7.11 Å². The average molecular weight is 362 g/mol. The van der Waals surface area contributed by atoms with E-state index in [0.29, 0.717) is 6.54 Å². The van der Waals surface area contributed by atoms with Gasteiger partial charge >= 0.3 is 0 Å². The maximum atomic E-state index is 12.9. The molecule has 1 aromatic carbocycles. The van der Waals surface area contributed by atoms with Gasteiger partial charge in [-0.25, -0.2) is 0 Å². The average Bonchev–Trinajstić information content (AvgIpc) is 3.41. The molecule has 138 valence electrons.